The Kier molecular flexibility index (Phi) is 5.29. The van der Waals surface area contributed by atoms with E-state index in [4.69, 9.17) is 9.84 Å². The molecule has 23 heavy (non-hydrogen) atoms. The van der Waals surface area contributed by atoms with Gasteiger partial charge < -0.3 is 15.2 Å². The minimum atomic E-state index is -1.16. The molecule has 8 heteroatoms. The first-order valence-electron chi connectivity index (χ1n) is 7.24. The number of carbonyl (C=O) groups is 2. The maximum Gasteiger partial charge on any atom is 0.358 e. The van der Waals surface area contributed by atoms with Crippen LogP contribution < -0.4 is 10.1 Å². The molecule has 1 heterocycles. The van der Waals surface area contributed by atoms with Crippen LogP contribution in [0, 0.1) is 0 Å². The Morgan fingerprint density at radius 3 is 2.70 bits per heavy atom. The number of anilines is 1. The van der Waals surface area contributed by atoms with Gasteiger partial charge >= 0.3 is 5.97 Å². The second-order valence-corrected chi connectivity index (χ2v) is 4.68. The van der Waals surface area contributed by atoms with Crippen molar-refractivity contribution in [2.45, 2.75) is 26.8 Å². The van der Waals surface area contributed by atoms with Gasteiger partial charge in [0.1, 0.15) is 12.3 Å². The van der Waals surface area contributed by atoms with Gasteiger partial charge in [-0.1, -0.05) is 24.3 Å². The highest BCUT2D eigenvalue weighted by atomic mass is 16.5. The van der Waals surface area contributed by atoms with E-state index in [0.717, 1.165) is 0 Å². The fraction of sp³-hybridized carbons (Fsp3) is 0.333. The summed E-state index contributed by atoms with van der Waals surface area (Å²) < 4.78 is 6.74. The summed E-state index contributed by atoms with van der Waals surface area (Å²) >= 11 is 0. The molecule has 1 aromatic heterocycles. The van der Waals surface area contributed by atoms with E-state index in [2.05, 4.69) is 15.6 Å². The summed E-state index contributed by atoms with van der Waals surface area (Å²) in [5.74, 6) is -0.923. The molecule has 0 radical (unpaired) electrons. The van der Waals surface area contributed by atoms with Crippen LogP contribution in [0.3, 0.4) is 0 Å². The highest BCUT2D eigenvalue weighted by Crippen LogP contribution is 2.23. The standard InChI is InChI=1S/C15H18N4O4/c1-3-11-14(15(21)22)17-18-19(11)9-13(20)16-10-7-5-6-8-12(10)23-4-2/h5-8H,3-4,9H2,1-2H3,(H,16,20)(H,21,22). The highest BCUT2D eigenvalue weighted by molar-refractivity contribution is 5.92. The summed E-state index contributed by atoms with van der Waals surface area (Å²) in [5, 5.41) is 19.1. The predicted molar refractivity (Wildman–Crippen MR) is 82.6 cm³/mol. The van der Waals surface area contributed by atoms with Gasteiger partial charge in [0.15, 0.2) is 5.69 Å². The van der Waals surface area contributed by atoms with Gasteiger partial charge in [-0.15, -0.1) is 5.10 Å². The van der Waals surface area contributed by atoms with E-state index in [1.807, 2.05) is 13.0 Å². The molecule has 0 aliphatic heterocycles. The van der Waals surface area contributed by atoms with Crippen molar-refractivity contribution in [1.29, 1.82) is 0 Å². The van der Waals surface area contributed by atoms with Crippen LogP contribution in [0.5, 0.6) is 5.75 Å². The molecule has 0 saturated heterocycles. The number of carboxylic acid groups (broad SMARTS) is 1. The second kappa shape index (κ2) is 7.39. The zero-order valence-electron chi connectivity index (χ0n) is 12.9. The molecule has 1 amide bonds. The molecule has 0 aliphatic rings. The summed E-state index contributed by atoms with van der Waals surface area (Å²) in [4.78, 5) is 23.2. The molecular formula is C15H18N4O4. The number of benzene rings is 1. The van der Waals surface area contributed by atoms with Crippen LogP contribution in [0.15, 0.2) is 24.3 Å². The molecule has 8 nitrogen and oxygen atoms in total. The second-order valence-electron chi connectivity index (χ2n) is 4.68. The Morgan fingerprint density at radius 2 is 2.04 bits per heavy atom. The number of aromatic nitrogens is 3. The molecule has 0 fully saturated rings. The van der Waals surface area contributed by atoms with E-state index in [1.54, 1.807) is 25.1 Å². The van der Waals surface area contributed by atoms with Gasteiger partial charge in [-0.05, 0) is 25.5 Å². The molecule has 0 atom stereocenters. The SMILES string of the molecule is CCOc1ccccc1NC(=O)Cn1nnc(C(=O)O)c1CC. The van der Waals surface area contributed by atoms with Crippen LogP contribution in [0.2, 0.25) is 0 Å². The van der Waals surface area contributed by atoms with Crippen molar-refractivity contribution in [3.8, 4) is 5.75 Å². The molecule has 0 spiro atoms. The molecule has 1 aromatic carbocycles. The lowest BCUT2D eigenvalue weighted by atomic mass is 10.2. The maximum absolute atomic E-state index is 12.2. The molecule has 2 rings (SSSR count). The van der Waals surface area contributed by atoms with Crippen molar-refractivity contribution in [3.63, 3.8) is 0 Å². The van der Waals surface area contributed by atoms with E-state index in [1.165, 1.54) is 4.68 Å². The zero-order valence-corrected chi connectivity index (χ0v) is 12.9. The summed E-state index contributed by atoms with van der Waals surface area (Å²) in [6.07, 6.45) is 0.414. The monoisotopic (exact) mass is 318 g/mol. The fourth-order valence-corrected chi connectivity index (χ4v) is 2.15. The third-order valence-corrected chi connectivity index (χ3v) is 3.13. The number of para-hydroxylation sites is 2. The number of carboxylic acids is 1. The molecular weight excluding hydrogens is 300 g/mol. The summed E-state index contributed by atoms with van der Waals surface area (Å²) in [6, 6.07) is 7.09. The topological polar surface area (TPSA) is 106 Å². The van der Waals surface area contributed by atoms with Gasteiger partial charge in [0.25, 0.3) is 0 Å². The maximum atomic E-state index is 12.2. The van der Waals surface area contributed by atoms with E-state index < -0.39 is 5.97 Å². The van der Waals surface area contributed by atoms with E-state index in [9.17, 15) is 9.59 Å². The normalized spacial score (nSPS) is 10.3. The first-order chi connectivity index (χ1) is 11.1. The molecule has 0 bridgehead atoms. The first-order valence-corrected chi connectivity index (χ1v) is 7.24. The van der Waals surface area contributed by atoms with Crippen molar-refractivity contribution < 1.29 is 19.4 Å². The number of amides is 1. The molecule has 0 aliphatic carbocycles. The van der Waals surface area contributed by atoms with Crippen molar-refractivity contribution in [3.05, 3.63) is 35.7 Å². The number of aromatic carboxylic acids is 1. The van der Waals surface area contributed by atoms with Crippen LogP contribution in [-0.4, -0.2) is 38.6 Å². The van der Waals surface area contributed by atoms with Gasteiger partial charge in [0, 0.05) is 0 Å². The Bertz CT molecular complexity index is 711. The molecule has 2 aromatic rings. The Labute approximate surface area is 133 Å². The van der Waals surface area contributed by atoms with Gasteiger partial charge in [-0.3, -0.25) is 4.79 Å². The lowest BCUT2D eigenvalue weighted by Gasteiger charge is -2.11. The van der Waals surface area contributed by atoms with Crippen molar-refractivity contribution in [2.24, 2.45) is 0 Å². The molecule has 122 valence electrons. The Hall–Kier alpha value is -2.90. The quantitative estimate of drug-likeness (QED) is 0.802. The summed E-state index contributed by atoms with van der Waals surface area (Å²) in [6.45, 7) is 4.00. The predicted octanol–water partition coefficient (Wildman–Crippen LogP) is 1.58. The Morgan fingerprint density at radius 1 is 1.30 bits per heavy atom. The highest BCUT2D eigenvalue weighted by Gasteiger charge is 2.19. The van der Waals surface area contributed by atoms with Gasteiger partial charge in [0.05, 0.1) is 18.0 Å². The molecule has 0 unspecified atom stereocenters. The van der Waals surface area contributed by atoms with Crippen molar-refractivity contribution in [2.75, 3.05) is 11.9 Å². The van der Waals surface area contributed by atoms with Gasteiger partial charge in [-0.2, -0.15) is 0 Å². The number of nitrogens with zero attached hydrogens (tertiary/aromatic N) is 3. The van der Waals surface area contributed by atoms with Crippen LogP contribution in [0.4, 0.5) is 5.69 Å². The average molecular weight is 318 g/mol. The number of ether oxygens (including phenoxy) is 1. The number of nitrogens with one attached hydrogen (secondary N) is 1. The fourth-order valence-electron chi connectivity index (χ4n) is 2.15. The molecule has 0 saturated carbocycles. The first kappa shape index (κ1) is 16.5. The van der Waals surface area contributed by atoms with Crippen molar-refractivity contribution in [1.82, 2.24) is 15.0 Å². The van der Waals surface area contributed by atoms with Gasteiger partial charge in [-0.25, -0.2) is 9.48 Å². The molecule has 2 N–H and O–H groups in total. The van der Waals surface area contributed by atoms with E-state index in [-0.39, 0.29) is 18.1 Å². The lowest BCUT2D eigenvalue weighted by Crippen LogP contribution is -2.21. The Balaban J connectivity index is 2.13. The number of hydrogen-bond donors (Lipinski definition) is 2. The third kappa shape index (κ3) is 3.85. The lowest BCUT2D eigenvalue weighted by molar-refractivity contribution is -0.117. The van der Waals surface area contributed by atoms with Crippen LogP contribution in [0.25, 0.3) is 0 Å². The number of carbonyl (C=O) groups excluding carboxylic acids is 1. The summed E-state index contributed by atoms with van der Waals surface area (Å²) in [7, 11) is 0. The van der Waals surface area contributed by atoms with Crippen molar-refractivity contribution >= 4 is 17.6 Å². The smallest absolute Gasteiger partial charge is 0.358 e. The van der Waals surface area contributed by atoms with Crippen LogP contribution in [-0.2, 0) is 17.8 Å². The minimum absolute atomic E-state index is 0.121. The summed E-state index contributed by atoms with van der Waals surface area (Å²) in [5.41, 5.74) is 0.830. The van der Waals surface area contributed by atoms with Gasteiger partial charge in [0.2, 0.25) is 5.91 Å². The number of hydrogen-bond acceptors (Lipinski definition) is 5. The number of rotatable bonds is 7. The van der Waals surface area contributed by atoms with E-state index in [0.29, 0.717) is 30.2 Å². The minimum Gasteiger partial charge on any atom is -0.492 e. The zero-order chi connectivity index (χ0) is 16.8. The largest absolute Gasteiger partial charge is 0.492 e. The van der Waals surface area contributed by atoms with Crippen LogP contribution in [0.1, 0.15) is 30.0 Å². The third-order valence-electron chi connectivity index (χ3n) is 3.13. The van der Waals surface area contributed by atoms with E-state index >= 15 is 0 Å². The van der Waals surface area contributed by atoms with Crippen LogP contribution >= 0.6 is 0 Å². The average Bonchev–Trinajstić information content (AvgIpc) is 2.92.